The van der Waals surface area contributed by atoms with Gasteiger partial charge in [-0.25, -0.2) is 10.4 Å². The first-order valence-corrected chi connectivity index (χ1v) is 23.8. The van der Waals surface area contributed by atoms with Crippen molar-refractivity contribution in [2.24, 2.45) is 23.2 Å². The number of benzene rings is 1. The van der Waals surface area contributed by atoms with E-state index in [4.69, 9.17) is 19.4 Å². The number of hydrazine groups is 1. The second kappa shape index (κ2) is 17.3. The zero-order valence-electron chi connectivity index (χ0n) is 37.6. The number of ether oxygens (including phenoxy) is 2. The lowest BCUT2D eigenvalue weighted by Crippen LogP contribution is -2.60. The molecule has 0 spiro atoms. The minimum atomic E-state index is -0.834. The fourth-order valence-corrected chi connectivity index (χ4v) is 11.2. The zero-order chi connectivity index (χ0) is 43.4. The van der Waals surface area contributed by atoms with Crippen molar-refractivity contribution < 1.29 is 23.9 Å². The third-order valence-corrected chi connectivity index (χ3v) is 15.3. The number of rotatable bonds is 6. The molecule has 4 aliphatic heterocycles. The Bertz CT molecular complexity index is 2340. The molecule has 3 fully saturated rings. The predicted molar refractivity (Wildman–Crippen MR) is 243 cm³/mol. The average molecular weight is 865 g/mol. The van der Waals surface area contributed by atoms with E-state index in [1.807, 2.05) is 6.20 Å². The number of nitrogens with zero attached hydrogens (tertiary/aromatic N) is 6. The number of hydrogen-bond donors (Lipinski definition) is 2. The smallest absolute Gasteiger partial charge is 0.324 e. The number of carbonyl (C=O) groups excluding carboxylic acids is 3. The number of fused-ring (bicyclic) bond motifs is 6. The Morgan fingerprint density at radius 2 is 1.82 bits per heavy atom. The first-order valence-electron chi connectivity index (χ1n) is 22.9. The molecule has 7 heterocycles. The van der Waals surface area contributed by atoms with Crippen molar-refractivity contribution in [2.45, 2.75) is 111 Å². The molecular formula is C48H64N8O5S. The number of hydrogen-bond acceptors (Lipinski definition) is 11. The van der Waals surface area contributed by atoms with Crippen LogP contribution in [0.15, 0.2) is 29.8 Å². The Labute approximate surface area is 369 Å². The van der Waals surface area contributed by atoms with E-state index in [2.05, 4.69) is 90.4 Å². The molecule has 1 unspecified atom stereocenters. The monoisotopic (exact) mass is 864 g/mol. The topological polar surface area (TPSA) is 134 Å². The molecule has 1 aliphatic carbocycles. The molecule has 5 aliphatic rings. The van der Waals surface area contributed by atoms with E-state index in [1.54, 1.807) is 7.11 Å². The third kappa shape index (κ3) is 8.39. The highest BCUT2D eigenvalue weighted by Crippen LogP contribution is 2.47. The number of thiazole rings is 1. The Kier molecular flexibility index (Phi) is 12.0. The minimum absolute atomic E-state index is 0.103. The van der Waals surface area contributed by atoms with Crippen molar-refractivity contribution in [2.75, 3.05) is 58.4 Å². The molecule has 4 aromatic rings. The molecule has 0 radical (unpaired) electrons. The first-order chi connectivity index (χ1) is 29.8. The summed E-state index contributed by atoms with van der Waals surface area (Å²) >= 11 is 1.52. The molecule has 6 bridgehead atoms. The van der Waals surface area contributed by atoms with Gasteiger partial charge in [0.05, 0.1) is 52.2 Å². The highest BCUT2D eigenvalue weighted by Gasteiger charge is 2.49. The first kappa shape index (κ1) is 42.9. The number of esters is 1. The molecule has 1 aromatic carbocycles. The number of piperazine rings is 1. The van der Waals surface area contributed by atoms with E-state index >= 15 is 0 Å². The van der Waals surface area contributed by atoms with Gasteiger partial charge in [0.25, 0.3) is 5.91 Å². The Morgan fingerprint density at radius 1 is 1.03 bits per heavy atom. The van der Waals surface area contributed by atoms with Gasteiger partial charge in [0.1, 0.15) is 12.1 Å². The number of anilines is 1. The van der Waals surface area contributed by atoms with Gasteiger partial charge in [0.15, 0.2) is 0 Å². The van der Waals surface area contributed by atoms with Gasteiger partial charge in [0, 0.05) is 86.0 Å². The molecule has 6 atom stereocenters. The fourth-order valence-electron chi connectivity index (χ4n) is 10.3. The number of methoxy groups -OCH3 is 1. The lowest BCUT2D eigenvalue weighted by molar-refractivity contribution is -0.155. The quantitative estimate of drug-likeness (QED) is 0.205. The summed E-state index contributed by atoms with van der Waals surface area (Å²) in [5.41, 5.74) is 12.7. The van der Waals surface area contributed by atoms with Gasteiger partial charge in [-0.2, -0.15) is 0 Å². The summed E-state index contributed by atoms with van der Waals surface area (Å²) < 4.78 is 14.8. The van der Waals surface area contributed by atoms with E-state index < -0.39 is 17.5 Å². The molecule has 332 valence electrons. The predicted octanol–water partition coefficient (Wildman–Crippen LogP) is 6.56. The van der Waals surface area contributed by atoms with Crippen LogP contribution in [0.4, 0.5) is 5.69 Å². The number of carbonyl (C=O) groups is 3. The maximum Gasteiger partial charge on any atom is 0.324 e. The second-order valence-corrected chi connectivity index (χ2v) is 20.5. The lowest BCUT2D eigenvalue weighted by Gasteiger charge is -2.35. The van der Waals surface area contributed by atoms with Crippen LogP contribution in [0.25, 0.3) is 33.4 Å². The molecule has 2 saturated heterocycles. The van der Waals surface area contributed by atoms with Crippen molar-refractivity contribution in [3.8, 4) is 22.5 Å². The Hall–Kier alpha value is -4.37. The van der Waals surface area contributed by atoms with Crippen molar-refractivity contribution in [3.63, 3.8) is 0 Å². The van der Waals surface area contributed by atoms with Crippen molar-refractivity contribution >= 4 is 45.7 Å². The number of likely N-dealkylation sites (N-methyl/N-ethyl adjacent to an activating group) is 1. The maximum atomic E-state index is 14.3. The van der Waals surface area contributed by atoms with E-state index in [-0.39, 0.29) is 54.7 Å². The molecule has 62 heavy (non-hydrogen) atoms. The highest BCUT2D eigenvalue weighted by atomic mass is 32.1. The summed E-state index contributed by atoms with van der Waals surface area (Å²) in [7, 11) is 3.93. The van der Waals surface area contributed by atoms with E-state index in [1.165, 1.54) is 38.4 Å². The van der Waals surface area contributed by atoms with E-state index in [0.717, 1.165) is 97.3 Å². The van der Waals surface area contributed by atoms with Gasteiger partial charge in [-0.1, -0.05) is 34.1 Å². The van der Waals surface area contributed by atoms with Crippen LogP contribution in [-0.4, -0.2) is 108 Å². The van der Waals surface area contributed by atoms with Crippen LogP contribution in [0.3, 0.4) is 0 Å². The number of aryl methyl sites for hydroxylation is 2. The fraction of sp³-hybridized carbons (Fsp3) is 0.604. The number of amides is 2. The highest BCUT2D eigenvalue weighted by molar-refractivity contribution is 7.10. The zero-order valence-corrected chi connectivity index (χ0v) is 38.4. The van der Waals surface area contributed by atoms with Crippen LogP contribution >= 0.6 is 11.3 Å². The number of aromatic nitrogens is 3. The van der Waals surface area contributed by atoms with E-state index in [9.17, 15) is 14.4 Å². The third-order valence-electron chi connectivity index (χ3n) is 14.4. The summed E-state index contributed by atoms with van der Waals surface area (Å²) in [5.74, 6) is -0.325. The molecular weight excluding hydrogens is 801 g/mol. The van der Waals surface area contributed by atoms with Crippen LogP contribution < -0.4 is 15.6 Å². The van der Waals surface area contributed by atoms with Gasteiger partial charge in [-0.3, -0.25) is 24.4 Å². The van der Waals surface area contributed by atoms with Crippen LogP contribution in [0.2, 0.25) is 0 Å². The molecule has 2 N–H and O–H groups in total. The van der Waals surface area contributed by atoms with Crippen LogP contribution in [0, 0.1) is 23.2 Å². The van der Waals surface area contributed by atoms with Gasteiger partial charge in [-0.05, 0) is 93.7 Å². The van der Waals surface area contributed by atoms with Gasteiger partial charge >= 0.3 is 5.97 Å². The van der Waals surface area contributed by atoms with Gasteiger partial charge in [0.2, 0.25) is 5.91 Å². The van der Waals surface area contributed by atoms with Gasteiger partial charge < -0.3 is 29.2 Å². The molecule has 9 rings (SSSR count). The summed E-state index contributed by atoms with van der Waals surface area (Å²) in [5, 5.41) is 8.70. The molecule has 3 aromatic heterocycles. The lowest BCUT2D eigenvalue weighted by atomic mass is 9.83. The molecule has 13 nitrogen and oxygen atoms in total. The van der Waals surface area contributed by atoms with Crippen molar-refractivity contribution in [1.82, 2.24) is 35.2 Å². The molecule has 2 amide bonds. The molecule has 14 heteroatoms. The standard InChI is InChI=1S/C48H64N8O5S/c1-28-29(2)41(28)45(57)51-38-23-40-50-39(26-62-40)32-20-31-12-9-8-10-14-55-43(31)34(21-32)36(24-48(4,5)27-61-47(59)37-13-11-15-56(52-37)46(38)58)44(55)35-22-33(25-49-42(35)30(3)60-7)54-18-16-53(6)17-19-54/h20-22,25-26,28-30,37-38,41,52H,8-19,23-24,27H2,1-7H3,(H,51,57)/t28-,29+,30-,37-,38-,41?/m0/s1. The maximum absolute atomic E-state index is 14.3. The van der Waals surface area contributed by atoms with Crippen LogP contribution in [0.1, 0.15) is 94.7 Å². The normalized spacial score (nSPS) is 26.3. The molecule has 1 saturated carbocycles. The number of pyridine rings is 1. The largest absolute Gasteiger partial charge is 0.464 e. The second-order valence-electron chi connectivity index (χ2n) is 19.5. The van der Waals surface area contributed by atoms with Crippen LogP contribution in [0.5, 0.6) is 0 Å². The number of cyclic esters (lactones) is 1. The minimum Gasteiger partial charge on any atom is -0.464 e. The Balaban J connectivity index is 1.21. The Morgan fingerprint density at radius 3 is 2.58 bits per heavy atom. The summed E-state index contributed by atoms with van der Waals surface area (Å²) in [6.45, 7) is 15.9. The van der Waals surface area contributed by atoms with Crippen molar-refractivity contribution in [3.05, 3.63) is 51.6 Å². The summed E-state index contributed by atoms with van der Waals surface area (Å²) in [6, 6.07) is 5.48. The SMILES string of the molecule is CO[C@@H](C)c1ncc(N2CCN(C)CC2)cc1-c1c2c3cc(cc4c3n1CCCCC4)-c1csc(n1)C[C@H](NC(=O)C1[C@@H](C)[C@H]1C)C(=O)N1CCC[C@H](N1)C(=O)OCC(C)(C)C2. The summed E-state index contributed by atoms with van der Waals surface area (Å²) in [4.78, 5) is 57.1. The number of nitrogens with one attached hydrogen (secondary N) is 2. The average Bonchev–Trinajstić information content (AvgIpc) is 3.52. The van der Waals surface area contributed by atoms with Gasteiger partial charge in [-0.15, -0.1) is 11.3 Å². The summed E-state index contributed by atoms with van der Waals surface area (Å²) in [6.07, 6.45) is 8.08. The van der Waals surface area contributed by atoms with Crippen LogP contribution in [-0.2, 0) is 49.7 Å². The van der Waals surface area contributed by atoms with Crippen molar-refractivity contribution in [1.29, 1.82) is 0 Å². The van der Waals surface area contributed by atoms with E-state index in [0.29, 0.717) is 25.8 Å².